The Balaban J connectivity index is 3.66. The van der Waals surface area contributed by atoms with Gasteiger partial charge in [0.05, 0.1) is 6.42 Å². The number of hydrogen-bond acceptors (Lipinski definition) is 5. The first kappa shape index (κ1) is 33.9. The maximum absolute atomic E-state index is 14.3. The van der Waals surface area contributed by atoms with Crippen LogP contribution in [0.25, 0.3) is 0 Å². The van der Waals surface area contributed by atoms with E-state index in [2.05, 4.69) is 24.5 Å². The second-order valence-corrected chi connectivity index (χ2v) is 11.9. The van der Waals surface area contributed by atoms with Gasteiger partial charge in [0.25, 0.3) is 0 Å². The molecular formula is C30H50N4O5. The van der Waals surface area contributed by atoms with Crippen LogP contribution in [0.5, 0.6) is 0 Å². The van der Waals surface area contributed by atoms with Crippen LogP contribution in [0.1, 0.15) is 103 Å². The molecule has 4 amide bonds. The Bertz CT molecular complexity index is 966. The summed E-state index contributed by atoms with van der Waals surface area (Å²) < 4.78 is 5.36. The van der Waals surface area contributed by atoms with E-state index >= 15 is 0 Å². The van der Waals surface area contributed by atoms with E-state index < -0.39 is 42.0 Å². The Labute approximate surface area is 234 Å². The molecule has 1 aromatic rings. The van der Waals surface area contributed by atoms with Crippen molar-refractivity contribution in [3.63, 3.8) is 0 Å². The monoisotopic (exact) mass is 546 g/mol. The highest BCUT2D eigenvalue weighted by Crippen LogP contribution is 2.29. The van der Waals surface area contributed by atoms with Crippen molar-refractivity contribution in [1.82, 2.24) is 15.5 Å². The highest BCUT2D eigenvalue weighted by molar-refractivity contribution is 5.94. The minimum atomic E-state index is -1.30. The number of benzene rings is 1. The van der Waals surface area contributed by atoms with E-state index in [1.54, 1.807) is 20.8 Å². The molecule has 0 spiro atoms. The first-order chi connectivity index (χ1) is 18.0. The zero-order chi connectivity index (χ0) is 29.9. The highest BCUT2D eigenvalue weighted by Gasteiger charge is 2.39. The van der Waals surface area contributed by atoms with E-state index in [0.717, 1.165) is 30.4 Å². The van der Waals surface area contributed by atoms with Crippen molar-refractivity contribution >= 4 is 23.8 Å². The van der Waals surface area contributed by atoms with Crippen LogP contribution in [0.2, 0.25) is 0 Å². The molecule has 1 aromatic carbocycles. The maximum atomic E-state index is 14.3. The molecule has 220 valence electrons. The van der Waals surface area contributed by atoms with E-state index in [4.69, 9.17) is 10.5 Å². The predicted molar refractivity (Wildman–Crippen MR) is 154 cm³/mol. The highest BCUT2D eigenvalue weighted by atomic mass is 16.6. The fourth-order valence-corrected chi connectivity index (χ4v) is 4.43. The lowest BCUT2D eigenvalue weighted by molar-refractivity contribution is -0.146. The fourth-order valence-electron chi connectivity index (χ4n) is 4.43. The van der Waals surface area contributed by atoms with Gasteiger partial charge in [0.2, 0.25) is 17.7 Å². The normalized spacial score (nSPS) is 13.8. The van der Waals surface area contributed by atoms with Gasteiger partial charge in [-0.05, 0) is 72.3 Å². The van der Waals surface area contributed by atoms with Crippen LogP contribution in [0.15, 0.2) is 18.2 Å². The lowest BCUT2D eigenvalue weighted by atomic mass is 9.95. The molecule has 0 aliphatic heterocycles. The smallest absolute Gasteiger partial charge is 0.408 e. The number of nitrogens with two attached hydrogens (primary N) is 1. The number of amides is 4. The standard InChI is InChI=1S/C30H50N4O5/c1-10-11-14-32-27(36)26(23-16-20(4)15-21(5)17-23)34(22(6)13-12-19(2)3)28(37)24(18-25(31)35)33-29(38)39-30(7,8)9/h15-17,19,22,24,26H,10-14,18H2,1-9H3,(H2,31,35)(H,32,36)(H,33,38). The number of unbranched alkanes of at least 4 members (excludes halogenated alkanes) is 1. The Hall–Kier alpha value is -3.10. The van der Waals surface area contributed by atoms with Crippen molar-refractivity contribution in [2.45, 2.75) is 118 Å². The number of hydrogen-bond donors (Lipinski definition) is 3. The van der Waals surface area contributed by atoms with E-state index in [-0.39, 0.29) is 11.9 Å². The molecule has 0 saturated carbocycles. The van der Waals surface area contributed by atoms with Gasteiger partial charge in [-0.15, -0.1) is 0 Å². The second-order valence-electron chi connectivity index (χ2n) is 11.9. The Morgan fingerprint density at radius 2 is 1.59 bits per heavy atom. The van der Waals surface area contributed by atoms with E-state index in [9.17, 15) is 19.2 Å². The number of nitrogens with zero attached hydrogens (tertiary/aromatic N) is 1. The van der Waals surface area contributed by atoms with Crippen LogP contribution in [0.4, 0.5) is 4.79 Å². The summed E-state index contributed by atoms with van der Waals surface area (Å²) in [6.45, 7) is 17.6. The Kier molecular flexibility index (Phi) is 13.5. The third-order valence-corrected chi connectivity index (χ3v) is 6.20. The lowest BCUT2D eigenvalue weighted by Crippen LogP contribution is -2.56. The molecule has 0 radical (unpaired) electrons. The van der Waals surface area contributed by atoms with E-state index in [1.807, 2.05) is 45.9 Å². The second kappa shape index (κ2) is 15.5. The number of alkyl carbamates (subject to hydrolysis) is 1. The average molecular weight is 547 g/mol. The van der Waals surface area contributed by atoms with Gasteiger partial charge < -0.3 is 26.0 Å². The van der Waals surface area contributed by atoms with Crippen molar-refractivity contribution < 1.29 is 23.9 Å². The summed E-state index contributed by atoms with van der Waals surface area (Å²) in [5.41, 5.74) is 7.27. The van der Waals surface area contributed by atoms with E-state index in [0.29, 0.717) is 24.4 Å². The van der Waals surface area contributed by atoms with Crippen molar-refractivity contribution in [2.75, 3.05) is 6.54 Å². The lowest BCUT2D eigenvalue weighted by Gasteiger charge is -2.39. The molecule has 4 N–H and O–H groups in total. The zero-order valence-corrected chi connectivity index (χ0v) is 25.3. The third kappa shape index (κ3) is 12.1. The quantitative estimate of drug-likeness (QED) is 0.292. The van der Waals surface area contributed by atoms with Crippen molar-refractivity contribution in [3.8, 4) is 0 Å². The molecule has 0 heterocycles. The van der Waals surface area contributed by atoms with Crippen LogP contribution in [-0.2, 0) is 19.1 Å². The third-order valence-electron chi connectivity index (χ3n) is 6.20. The number of primary amides is 1. The van der Waals surface area contributed by atoms with Gasteiger partial charge in [0.15, 0.2) is 0 Å². The number of rotatable bonds is 14. The largest absolute Gasteiger partial charge is 0.444 e. The summed E-state index contributed by atoms with van der Waals surface area (Å²) in [5.74, 6) is -1.25. The number of carbonyl (C=O) groups excluding carboxylic acids is 4. The summed E-state index contributed by atoms with van der Waals surface area (Å²) in [6, 6.07) is 3.16. The van der Waals surface area contributed by atoms with Gasteiger partial charge in [-0.3, -0.25) is 14.4 Å². The molecule has 3 unspecified atom stereocenters. The molecule has 39 heavy (non-hydrogen) atoms. The molecule has 0 bridgehead atoms. The molecule has 9 nitrogen and oxygen atoms in total. The van der Waals surface area contributed by atoms with Crippen LogP contribution < -0.4 is 16.4 Å². The Morgan fingerprint density at radius 1 is 1.00 bits per heavy atom. The molecule has 0 fully saturated rings. The van der Waals surface area contributed by atoms with Crippen molar-refractivity contribution in [2.24, 2.45) is 11.7 Å². The van der Waals surface area contributed by atoms with Gasteiger partial charge in [0, 0.05) is 12.6 Å². The van der Waals surface area contributed by atoms with Crippen molar-refractivity contribution in [1.29, 1.82) is 0 Å². The number of nitrogens with one attached hydrogen (secondary N) is 2. The molecule has 1 rings (SSSR count). The van der Waals surface area contributed by atoms with Crippen molar-refractivity contribution in [3.05, 3.63) is 34.9 Å². The van der Waals surface area contributed by atoms with Crippen LogP contribution in [0.3, 0.4) is 0 Å². The zero-order valence-electron chi connectivity index (χ0n) is 25.3. The predicted octanol–water partition coefficient (Wildman–Crippen LogP) is 4.68. The maximum Gasteiger partial charge on any atom is 0.408 e. The van der Waals surface area contributed by atoms with Crippen LogP contribution >= 0.6 is 0 Å². The summed E-state index contributed by atoms with van der Waals surface area (Å²) in [7, 11) is 0. The summed E-state index contributed by atoms with van der Waals surface area (Å²) >= 11 is 0. The molecular weight excluding hydrogens is 496 g/mol. The van der Waals surface area contributed by atoms with Gasteiger partial charge in [-0.1, -0.05) is 56.5 Å². The summed E-state index contributed by atoms with van der Waals surface area (Å²) in [6.07, 6.45) is 1.88. The minimum absolute atomic E-state index is 0.312. The summed E-state index contributed by atoms with van der Waals surface area (Å²) in [5, 5.41) is 5.53. The number of aryl methyl sites for hydroxylation is 2. The first-order valence-electron chi connectivity index (χ1n) is 14.0. The topological polar surface area (TPSA) is 131 Å². The summed E-state index contributed by atoms with van der Waals surface area (Å²) in [4.78, 5) is 54.2. The first-order valence-corrected chi connectivity index (χ1v) is 14.0. The van der Waals surface area contributed by atoms with Crippen LogP contribution in [-0.4, -0.2) is 52.9 Å². The fraction of sp³-hybridized carbons (Fsp3) is 0.667. The average Bonchev–Trinajstić information content (AvgIpc) is 2.77. The van der Waals surface area contributed by atoms with Gasteiger partial charge in [-0.25, -0.2) is 4.79 Å². The molecule has 3 atom stereocenters. The molecule has 0 aliphatic carbocycles. The van der Waals surface area contributed by atoms with Gasteiger partial charge >= 0.3 is 6.09 Å². The number of carbonyl (C=O) groups is 4. The minimum Gasteiger partial charge on any atom is -0.444 e. The van der Waals surface area contributed by atoms with Gasteiger partial charge in [0.1, 0.15) is 17.7 Å². The SMILES string of the molecule is CCCCNC(=O)C(c1cc(C)cc(C)c1)N(C(=O)C(CC(N)=O)NC(=O)OC(C)(C)C)C(C)CCC(C)C. The molecule has 9 heteroatoms. The van der Waals surface area contributed by atoms with Gasteiger partial charge in [-0.2, -0.15) is 0 Å². The molecule has 0 saturated heterocycles. The Morgan fingerprint density at radius 3 is 2.08 bits per heavy atom. The molecule has 0 aromatic heterocycles. The van der Waals surface area contributed by atoms with Crippen LogP contribution in [0, 0.1) is 19.8 Å². The molecule has 0 aliphatic rings. The number of ether oxygens (including phenoxy) is 1. The van der Waals surface area contributed by atoms with E-state index in [1.165, 1.54) is 4.90 Å².